The zero-order valence-electron chi connectivity index (χ0n) is 7.42. The van der Waals surface area contributed by atoms with E-state index in [0.717, 1.165) is 12.2 Å². The molecule has 2 rings (SSSR count). The Hall–Kier alpha value is -0.0400. The first-order valence-corrected chi connectivity index (χ1v) is 5.28. The first kappa shape index (κ1) is 8.55. The van der Waals surface area contributed by atoms with Crippen LogP contribution in [0.25, 0.3) is 0 Å². The molecule has 2 aliphatic carbocycles. The van der Waals surface area contributed by atoms with Gasteiger partial charge in [-0.15, -0.1) is 11.6 Å². The van der Waals surface area contributed by atoms with Crippen molar-refractivity contribution in [3.05, 3.63) is 0 Å². The lowest BCUT2D eigenvalue weighted by atomic mass is 9.69. The molecule has 0 N–H and O–H groups in total. The second-order valence-electron chi connectivity index (χ2n) is 4.51. The third-order valence-corrected chi connectivity index (χ3v) is 4.47. The normalized spacial score (nSPS) is 51.3. The van der Waals surface area contributed by atoms with Gasteiger partial charge in [0.2, 0.25) is 0 Å². The first-order chi connectivity index (χ1) is 5.72. The lowest BCUT2D eigenvalue weighted by Crippen LogP contribution is -2.36. The highest BCUT2D eigenvalue weighted by atomic mass is 35.5. The fourth-order valence-electron chi connectivity index (χ4n) is 3.23. The fourth-order valence-corrected chi connectivity index (χ4v) is 3.82. The maximum Gasteiger partial charge on any atom is 0.126 e. The lowest BCUT2D eigenvalue weighted by Gasteiger charge is -2.35. The first-order valence-electron chi connectivity index (χ1n) is 4.74. The van der Waals surface area contributed by atoms with Crippen LogP contribution in [0, 0.1) is 23.2 Å². The minimum atomic E-state index is -0.0926. The molecule has 0 radical (unpaired) electrons. The van der Waals surface area contributed by atoms with Gasteiger partial charge in [-0.25, -0.2) is 0 Å². The van der Waals surface area contributed by atoms with Crippen LogP contribution in [0.1, 0.15) is 26.2 Å². The summed E-state index contributed by atoms with van der Waals surface area (Å²) in [4.78, 5) is 11.0. The fraction of sp³-hybridized carbons (Fsp3) is 0.900. The molecule has 0 spiro atoms. The summed E-state index contributed by atoms with van der Waals surface area (Å²) in [6, 6.07) is 0. The molecule has 2 bridgehead atoms. The molecule has 0 aromatic heterocycles. The lowest BCUT2D eigenvalue weighted by molar-refractivity contribution is -0.120. The molecule has 0 amide bonds. The van der Waals surface area contributed by atoms with E-state index in [4.69, 9.17) is 11.6 Å². The van der Waals surface area contributed by atoms with E-state index in [9.17, 15) is 4.79 Å². The van der Waals surface area contributed by atoms with Crippen LogP contribution in [-0.4, -0.2) is 12.2 Å². The van der Waals surface area contributed by atoms with Crippen molar-refractivity contribution in [2.75, 3.05) is 5.88 Å². The van der Waals surface area contributed by atoms with Crippen molar-refractivity contribution in [1.82, 2.24) is 0 Å². The van der Waals surface area contributed by atoms with Crippen molar-refractivity contribution in [2.45, 2.75) is 26.2 Å². The van der Waals surface area contributed by atoms with Gasteiger partial charge < -0.3 is 4.79 Å². The minimum Gasteiger partial charge on any atom is -0.303 e. The van der Waals surface area contributed by atoms with Gasteiger partial charge in [0.15, 0.2) is 0 Å². The zero-order valence-corrected chi connectivity index (χ0v) is 8.18. The van der Waals surface area contributed by atoms with Crippen LogP contribution in [0.4, 0.5) is 0 Å². The summed E-state index contributed by atoms with van der Waals surface area (Å²) < 4.78 is 0. The van der Waals surface area contributed by atoms with Crippen LogP contribution >= 0.6 is 11.6 Å². The molecule has 0 saturated heterocycles. The molecule has 2 aliphatic rings. The van der Waals surface area contributed by atoms with Gasteiger partial charge in [-0.05, 0) is 37.0 Å². The number of rotatable bonds is 2. The van der Waals surface area contributed by atoms with Gasteiger partial charge in [-0.1, -0.05) is 6.92 Å². The Labute approximate surface area is 78.5 Å². The number of halogens is 1. The van der Waals surface area contributed by atoms with Gasteiger partial charge in [0.05, 0.1) is 0 Å². The van der Waals surface area contributed by atoms with Crippen molar-refractivity contribution >= 4 is 17.9 Å². The van der Waals surface area contributed by atoms with E-state index in [-0.39, 0.29) is 5.41 Å². The van der Waals surface area contributed by atoms with Crippen molar-refractivity contribution in [2.24, 2.45) is 23.2 Å². The minimum absolute atomic E-state index is 0.0926. The van der Waals surface area contributed by atoms with Crippen molar-refractivity contribution in [3.8, 4) is 0 Å². The van der Waals surface area contributed by atoms with E-state index < -0.39 is 0 Å². The number of carbonyl (C=O) groups excluding carboxylic acids is 1. The van der Waals surface area contributed by atoms with Crippen LogP contribution in [0.2, 0.25) is 0 Å². The van der Waals surface area contributed by atoms with E-state index >= 15 is 0 Å². The van der Waals surface area contributed by atoms with Gasteiger partial charge in [0.1, 0.15) is 6.29 Å². The van der Waals surface area contributed by atoms with Crippen molar-refractivity contribution in [3.63, 3.8) is 0 Å². The predicted octanol–water partition coefficient (Wildman–Crippen LogP) is 2.48. The SMILES string of the molecule is C[C@@]1(C=O)[C@H]2CC[C@H](C2)[C@H]1CCl. The monoisotopic (exact) mass is 186 g/mol. The van der Waals surface area contributed by atoms with Gasteiger partial charge in [-0.2, -0.15) is 0 Å². The highest BCUT2D eigenvalue weighted by molar-refractivity contribution is 6.18. The summed E-state index contributed by atoms with van der Waals surface area (Å²) in [6.07, 6.45) is 4.94. The summed E-state index contributed by atoms with van der Waals surface area (Å²) in [5.74, 6) is 2.48. The maximum atomic E-state index is 11.0. The maximum absolute atomic E-state index is 11.0. The second kappa shape index (κ2) is 2.73. The molecule has 0 heterocycles. The molecule has 4 atom stereocenters. The Bertz CT molecular complexity index is 204. The van der Waals surface area contributed by atoms with Crippen LogP contribution in [-0.2, 0) is 4.79 Å². The molecule has 2 heteroatoms. The smallest absolute Gasteiger partial charge is 0.126 e. The molecule has 2 fully saturated rings. The van der Waals surface area contributed by atoms with Gasteiger partial charge in [0, 0.05) is 11.3 Å². The molecule has 0 aromatic rings. The number of aldehydes is 1. The molecule has 2 saturated carbocycles. The third kappa shape index (κ3) is 0.891. The molecule has 12 heavy (non-hydrogen) atoms. The van der Waals surface area contributed by atoms with Gasteiger partial charge in [-0.3, -0.25) is 0 Å². The third-order valence-electron chi connectivity index (χ3n) is 4.14. The molecular weight excluding hydrogens is 172 g/mol. The van der Waals surface area contributed by atoms with Gasteiger partial charge in [0.25, 0.3) is 0 Å². The molecule has 0 unspecified atom stereocenters. The van der Waals surface area contributed by atoms with Gasteiger partial charge >= 0.3 is 0 Å². The van der Waals surface area contributed by atoms with Crippen LogP contribution in [0.15, 0.2) is 0 Å². The number of carbonyl (C=O) groups is 1. The number of fused-ring (bicyclic) bond motifs is 2. The summed E-state index contributed by atoms with van der Waals surface area (Å²) in [5, 5.41) is 0. The molecule has 0 aliphatic heterocycles. The van der Waals surface area contributed by atoms with Crippen LogP contribution < -0.4 is 0 Å². The summed E-state index contributed by atoms with van der Waals surface area (Å²) in [5.41, 5.74) is -0.0926. The Kier molecular flexibility index (Phi) is 1.95. The quantitative estimate of drug-likeness (QED) is 0.479. The van der Waals surface area contributed by atoms with E-state index in [2.05, 4.69) is 6.92 Å². The summed E-state index contributed by atoms with van der Waals surface area (Å²) in [7, 11) is 0. The van der Waals surface area contributed by atoms with E-state index in [1.807, 2.05) is 0 Å². The molecule has 68 valence electrons. The summed E-state index contributed by atoms with van der Waals surface area (Å²) >= 11 is 5.91. The molecule has 1 nitrogen and oxygen atoms in total. The average Bonchev–Trinajstić information content (AvgIpc) is 2.63. The zero-order chi connectivity index (χ0) is 8.77. The van der Waals surface area contributed by atoms with Crippen LogP contribution in [0.3, 0.4) is 0 Å². The topological polar surface area (TPSA) is 17.1 Å². The van der Waals surface area contributed by atoms with Crippen molar-refractivity contribution < 1.29 is 4.79 Å². The number of hydrogen-bond donors (Lipinski definition) is 0. The van der Waals surface area contributed by atoms with E-state index in [1.54, 1.807) is 0 Å². The van der Waals surface area contributed by atoms with E-state index in [0.29, 0.717) is 17.7 Å². The predicted molar refractivity (Wildman–Crippen MR) is 49.2 cm³/mol. The largest absolute Gasteiger partial charge is 0.303 e. The Balaban J connectivity index is 2.27. The highest BCUT2D eigenvalue weighted by Crippen LogP contribution is 2.58. The Morgan fingerprint density at radius 2 is 2.33 bits per heavy atom. The number of alkyl halides is 1. The average molecular weight is 187 g/mol. The van der Waals surface area contributed by atoms with Crippen molar-refractivity contribution in [1.29, 1.82) is 0 Å². The molecule has 0 aromatic carbocycles. The Morgan fingerprint density at radius 3 is 2.83 bits per heavy atom. The van der Waals surface area contributed by atoms with Crippen LogP contribution in [0.5, 0.6) is 0 Å². The van der Waals surface area contributed by atoms with E-state index in [1.165, 1.54) is 19.3 Å². The highest BCUT2D eigenvalue weighted by Gasteiger charge is 2.54. The molecular formula is C10H15ClO. The second-order valence-corrected chi connectivity index (χ2v) is 4.82. The standard InChI is InChI=1S/C10H15ClO/c1-10(6-12)8-3-2-7(4-8)9(10)5-11/h6-9H,2-5H2,1H3/t7-,8+,9-,10-/m1/s1. The summed E-state index contributed by atoms with van der Waals surface area (Å²) in [6.45, 7) is 2.09. The Morgan fingerprint density at radius 1 is 1.58 bits per heavy atom. The number of hydrogen-bond acceptors (Lipinski definition) is 1.